The summed E-state index contributed by atoms with van der Waals surface area (Å²) >= 11 is 11.6. The lowest BCUT2D eigenvalue weighted by atomic mass is 10.2. The predicted molar refractivity (Wildman–Crippen MR) is 90.0 cm³/mol. The first-order valence-electron chi connectivity index (χ1n) is 6.93. The fourth-order valence-corrected chi connectivity index (χ4v) is 2.46. The van der Waals surface area contributed by atoms with Crippen LogP contribution < -0.4 is 5.32 Å². The zero-order valence-corrected chi connectivity index (χ0v) is 13.9. The Morgan fingerprint density at radius 1 is 0.920 bits per heavy atom. The Morgan fingerprint density at radius 2 is 1.64 bits per heavy atom. The number of nitrogens with one attached hydrogen (secondary N) is 1. The standard InChI is InChI=1S/C16H9Cl2F3N4/c17-9-4-6-10(7-5-9)23-15-12(16(19,20)21)13(18)24-14(25-15)11-3-1-2-8-22-11/h1-8H,(H,23,24,25). The van der Waals surface area contributed by atoms with E-state index in [0.29, 0.717) is 16.4 Å². The molecule has 0 saturated heterocycles. The molecule has 0 aliphatic heterocycles. The average Bonchev–Trinajstić information content (AvgIpc) is 2.56. The molecule has 0 atom stereocenters. The summed E-state index contributed by atoms with van der Waals surface area (Å²) in [6.45, 7) is 0. The first-order chi connectivity index (χ1) is 11.8. The Balaban J connectivity index is 2.12. The summed E-state index contributed by atoms with van der Waals surface area (Å²) in [4.78, 5) is 11.7. The van der Waals surface area contributed by atoms with Crippen LogP contribution in [0.25, 0.3) is 11.5 Å². The minimum atomic E-state index is -4.73. The molecule has 3 rings (SSSR count). The molecule has 2 heterocycles. The maximum atomic E-state index is 13.4. The van der Waals surface area contributed by atoms with Crippen LogP contribution in [0.4, 0.5) is 24.7 Å². The monoisotopic (exact) mass is 384 g/mol. The summed E-state index contributed by atoms with van der Waals surface area (Å²) in [6.07, 6.45) is -3.24. The van der Waals surface area contributed by atoms with Crippen LogP contribution in [0, 0.1) is 0 Å². The SMILES string of the molecule is FC(F)(F)c1c(Cl)nc(-c2ccccn2)nc1Nc1ccc(Cl)cc1. The first kappa shape index (κ1) is 17.4. The first-order valence-corrected chi connectivity index (χ1v) is 7.69. The number of aromatic nitrogens is 3. The highest BCUT2D eigenvalue weighted by Crippen LogP contribution is 2.40. The molecule has 128 valence electrons. The second kappa shape index (κ2) is 6.85. The summed E-state index contributed by atoms with van der Waals surface area (Å²) in [5, 5.41) is 2.36. The normalized spacial score (nSPS) is 11.4. The summed E-state index contributed by atoms with van der Waals surface area (Å²) in [5.41, 5.74) is -0.474. The quantitative estimate of drug-likeness (QED) is 0.596. The van der Waals surface area contributed by atoms with Crippen LogP contribution in [0.15, 0.2) is 48.7 Å². The fourth-order valence-electron chi connectivity index (χ4n) is 2.05. The van der Waals surface area contributed by atoms with Crippen LogP contribution in [0.2, 0.25) is 10.2 Å². The molecule has 0 amide bonds. The summed E-state index contributed by atoms with van der Waals surface area (Å²) < 4.78 is 40.1. The Morgan fingerprint density at radius 3 is 2.24 bits per heavy atom. The lowest BCUT2D eigenvalue weighted by Crippen LogP contribution is -2.13. The van der Waals surface area contributed by atoms with Crippen LogP contribution >= 0.6 is 23.2 Å². The van der Waals surface area contributed by atoms with Crippen molar-refractivity contribution < 1.29 is 13.2 Å². The van der Waals surface area contributed by atoms with E-state index in [2.05, 4.69) is 20.3 Å². The number of rotatable bonds is 3. The molecule has 0 unspecified atom stereocenters. The van der Waals surface area contributed by atoms with Crippen molar-refractivity contribution in [2.45, 2.75) is 6.18 Å². The van der Waals surface area contributed by atoms with E-state index in [1.54, 1.807) is 30.3 Å². The van der Waals surface area contributed by atoms with Gasteiger partial charge >= 0.3 is 6.18 Å². The minimum Gasteiger partial charge on any atom is -0.340 e. The van der Waals surface area contributed by atoms with Gasteiger partial charge in [-0.1, -0.05) is 29.3 Å². The molecule has 9 heteroatoms. The van der Waals surface area contributed by atoms with Crippen molar-refractivity contribution in [2.75, 3.05) is 5.32 Å². The number of alkyl halides is 3. The van der Waals surface area contributed by atoms with Gasteiger partial charge in [0, 0.05) is 16.9 Å². The molecule has 4 nitrogen and oxygen atoms in total. The Kier molecular flexibility index (Phi) is 4.78. The molecular weight excluding hydrogens is 376 g/mol. The number of halogens is 5. The van der Waals surface area contributed by atoms with Crippen molar-refractivity contribution in [1.82, 2.24) is 15.0 Å². The number of nitrogens with zero attached hydrogens (tertiary/aromatic N) is 3. The molecule has 25 heavy (non-hydrogen) atoms. The van der Waals surface area contributed by atoms with Crippen LogP contribution in [-0.4, -0.2) is 15.0 Å². The van der Waals surface area contributed by atoms with Gasteiger partial charge in [-0.25, -0.2) is 9.97 Å². The molecule has 1 N–H and O–H groups in total. The van der Waals surface area contributed by atoms with Gasteiger partial charge in [0.25, 0.3) is 0 Å². The van der Waals surface area contributed by atoms with E-state index >= 15 is 0 Å². The van der Waals surface area contributed by atoms with Crippen molar-refractivity contribution in [1.29, 1.82) is 0 Å². The number of hydrogen-bond acceptors (Lipinski definition) is 4. The third-order valence-corrected chi connectivity index (χ3v) is 3.67. The molecule has 0 bridgehead atoms. The van der Waals surface area contributed by atoms with Gasteiger partial charge in [-0.3, -0.25) is 4.98 Å². The fraction of sp³-hybridized carbons (Fsp3) is 0.0625. The van der Waals surface area contributed by atoms with Crippen molar-refractivity contribution in [3.05, 3.63) is 64.4 Å². The largest absolute Gasteiger partial charge is 0.422 e. The topological polar surface area (TPSA) is 50.7 Å². The van der Waals surface area contributed by atoms with Gasteiger partial charge in [-0.05, 0) is 36.4 Å². The zero-order chi connectivity index (χ0) is 18.0. The lowest BCUT2D eigenvalue weighted by molar-refractivity contribution is -0.137. The van der Waals surface area contributed by atoms with E-state index < -0.39 is 22.7 Å². The lowest BCUT2D eigenvalue weighted by Gasteiger charge is -2.16. The van der Waals surface area contributed by atoms with Crippen molar-refractivity contribution in [3.8, 4) is 11.5 Å². The van der Waals surface area contributed by atoms with E-state index in [4.69, 9.17) is 23.2 Å². The molecule has 0 saturated carbocycles. The molecule has 0 fully saturated rings. The molecule has 1 aromatic carbocycles. The Bertz CT molecular complexity index is 884. The smallest absolute Gasteiger partial charge is 0.340 e. The highest BCUT2D eigenvalue weighted by molar-refractivity contribution is 6.31. The van der Waals surface area contributed by atoms with Crippen LogP contribution in [-0.2, 0) is 6.18 Å². The van der Waals surface area contributed by atoms with Crippen molar-refractivity contribution in [3.63, 3.8) is 0 Å². The van der Waals surface area contributed by atoms with Crippen LogP contribution in [0.1, 0.15) is 5.56 Å². The van der Waals surface area contributed by atoms with E-state index in [1.807, 2.05) is 0 Å². The third-order valence-electron chi connectivity index (χ3n) is 3.15. The Labute approximate surface area is 150 Å². The maximum Gasteiger partial charge on any atom is 0.422 e. The number of anilines is 2. The molecule has 0 radical (unpaired) electrons. The van der Waals surface area contributed by atoms with Crippen molar-refractivity contribution >= 4 is 34.7 Å². The Hall–Kier alpha value is -2.38. The van der Waals surface area contributed by atoms with E-state index in [-0.39, 0.29) is 5.82 Å². The third kappa shape index (κ3) is 4.00. The van der Waals surface area contributed by atoms with Gasteiger partial charge < -0.3 is 5.32 Å². The highest BCUT2D eigenvalue weighted by atomic mass is 35.5. The predicted octanol–water partition coefficient (Wildman–Crippen LogP) is 5.61. The second-order valence-electron chi connectivity index (χ2n) is 4.91. The molecule has 0 aliphatic rings. The highest BCUT2D eigenvalue weighted by Gasteiger charge is 2.38. The molecule has 3 aromatic rings. The van der Waals surface area contributed by atoms with E-state index in [0.717, 1.165) is 0 Å². The van der Waals surface area contributed by atoms with Gasteiger partial charge in [-0.2, -0.15) is 13.2 Å². The second-order valence-corrected chi connectivity index (χ2v) is 5.70. The summed E-state index contributed by atoms with van der Waals surface area (Å²) in [6, 6.07) is 11.0. The number of benzene rings is 1. The number of pyridine rings is 1. The van der Waals surface area contributed by atoms with E-state index in [1.165, 1.54) is 18.3 Å². The van der Waals surface area contributed by atoms with Gasteiger partial charge in [0.2, 0.25) is 0 Å². The average molecular weight is 385 g/mol. The minimum absolute atomic E-state index is 0.0185. The van der Waals surface area contributed by atoms with Crippen LogP contribution in [0.5, 0.6) is 0 Å². The van der Waals surface area contributed by atoms with Gasteiger partial charge in [0.1, 0.15) is 22.2 Å². The van der Waals surface area contributed by atoms with Gasteiger partial charge in [0.05, 0.1) is 0 Å². The maximum absolute atomic E-state index is 13.4. The van der Waals surface area contributed by atoms with Crippen LogP contribution in [0.3, 0.4) is 0 Å². The molecular formula is C16H9Cl2F3N4. The zero-order valence-electron chi connectivity index (χ0n) is 12.4. The molecule has 0 spiro atoms. The van der Waals surface area contributed by atoms with Gasteiger partial charge in [-0.15, -0.1) is 0 Å². The van der Waals surface area contributed by atoms with E-state index in [9.17, 15) is 13.2 Å². The number of hydrogen-bond donors (Lipinski definition) is 1. The summed E-state index contributed by atoms with van der Waals surface area (Å²) in [7, 11) is 0. The van der Waals surface area contributed by atoms with Crippen molar-refractivity contribution in [2.24, 2.45) is 0 Å². The van der Waals surface area contributed by atoms with Gasteiger partial charge in [0.15, 0.2) is 5.82 Å². The summed E-state index contributed by atoms with van der Waals surface area (Å²) in [5.74, 6) is -0.481. The molecule has 0 aliphatic carbocycles. The molecule has 2 aromatic heterocycles.